The second-order valence-corrected chi connectivity index (χ2v) is 5.75. The molecule has 1 aromatic carbocycles. The highest BCUT2D eigenvalue weighted by Crippen LogP contribution is 2.25. The van der Waals surface area contributed by atoms with Crippen LogP contribution in [0.4, 0.5) is 9.18 Å². The summed E-state index contributed by atoms with van der Waals surface area (Å²) in [7, 11) is 0. The van der Waals surface area contributed by atoms with Crippen molar-refractivity contribution in [2.24, 2.45) is 0 Å². The Balaban J connectivity index is 1.81. The standard InChI is InChI=1S/C15H20ClFN2O3/c1-10(13-11(16)4-3-5-12(13)17)19-14(20)18-7-6-15(2)21-8-9-22-15/h3-5,10H,6-9H2,1-2H3,(H2,18,19,20)/t10-/m0/s1. The fourth-order valence-corrected chi connectivity index (χ4v) is 2.68. The van der Waals surface area contributed by atoms with Crippen molar-refractivity contribution in [3.05, 3.63) is 34.6 Å². The van der Waals surface area contributed by atoms with Gasteiger partial charge in [-0.3, -0.25) is 0 Å². The number of rotatable bonds is 5. The monoisotopic (exact) mass is 330 g/mol. The van der Waals surface area contributed by atoms with E-state index in [1.165, 1.54) is 12.1 Å². The highest BCUT2D eigenvalue weighted by Gasteiger charge is 2.30. The van der Waals surface area contributed by atoms with Crippen molar-refractivity contribution >= 4 is 17.6 Å². The Morgan fingerprint density at radius 3 is 2.77 bits per heavy atom. The molecule has 2 N–H and O–H groups in total. The van der Waals surface area contributed by atoms with Gasteiger partial charge in [0.05, 0.1) is 19.3 Å². The van der Waals surface area contributed by atoms with Gasteiger partial charge in [-0.2, -0.15) is 0 Å². The Bertz CT molecular complexity index is 515. The van der Waals surface area contributed by atoms with Crippen molar-refractivity contribution in [2.75, 3.05) is 19.8 Å². The van der Waals surface area contributed by atoms with Gasteiger partial charge < -0.3 is 20.1 Å². The molecule has 2 rings (SSSR count). The molecule has 0 unspecified atom stereocenters. The highest BCUT2D eigenvalue weighted by atomic mass is 35.5. The van der Waals surface area contributed by atoms with Gasteiger partial charge >= 0.3 is 6.03 Å². The molecular formula is C15H20ClFN2O3. The molecule has 7 heteroatoms. The van der Waals surface area contributed by atoms with E-state index >= 15 is 0 Å². The molecule has 1 saturated heterocycles. The van der Waals surface area contributed by atoms with Crippen molar-refractivity contribution < 1.29 is 18.7 Å². The largest absolute Gasteiger partial charge is 0.348 e. The molecule has 1 heterocycles. The zero-order valence-electron chi connectivity index (χ0n) is 12.6. The number of hydrogen-bond donors (Lipinski definition) is 2. The van der Waals surface area contributed by atoms with Crippen LogP contribution in [0.5, 0.6) is 0 Å². The average Bonchev–Trinajstić information content (AvgIpc) is 2.85. The molecule has 1 aliphatic rings. The lowest BCUT2D eigenvalue weighted by Crippen LogP contribution is -2.40. The average molecular weight is 331 g/mol. The first-order valence-corrected chi connectivity index (χ1v) is 7.55. The van der Waals surface area contributed by atoms with E-state index in [2.05, 4.69) is 10.6 Å². The minimum Gasteiger partial charge on any atom is -0.348 e. The predicted octanol–water partition coefficient (Wildman–Crippen LogP) is 2.99. The maximum Gasteiger partial charge on any atom is 0.315 e. The van der Waals surface area contributed by atoms with Gasteiger partial charge in [0.1, 0.15) is 5.82 Å². The minimum atomic E-state index is -0.645. The third kappa shape index (κ3) is 4.32. The fraction of sp³-hybridized carbons (Fsp3) is 0.533. The first-order valence-electron chi connectivity index (χ1n) is 7.17. The summed E-state index contributed by atoms with van der Waals surface area (Å²) in [6.07, 6.45) is 0.537. The zero-order chi connectivity index (χ0) is 16.2. The summed E-state index contributed by atoms with van der Waals surface area (Å²) in [6, 6.07) is 3.49. The third-order valence-electron chi connectivity index (χ3n) is 3.54. The van der Waals surface area contributed by atoms with Crippen LogP contribution in [0, 0.1) is 5.82 Å². The van der Waals surface area contributed by atoms with Gasteiger partial charge in [0.15, 0.2) is 5.79 Å². The number of carbonyl (C=O) groups excluding carboxylic acids is 1. The maximum atomic E-state index is 13.8. The van der Waals surface area contributed by atoms with Gasteiger partial charge in [-0.1, -0.05) is 17.7 Å². The number of halogens is 2. The SMILES string of the molecule is C[C@H](NC(=O)NCCC1(C)OCCO1)c1c(F)cccc1Cl. The van der Waals surface area contributed by atoms with Gasteiger partial charge in [0.2, 0.25) is 0 Å². The molecule has 1 aromatic rings. The number of urea groups is 1. The highest BCUT2D eigenvalue weighted by molar-refractivity contribution is 6.31. The van der Waals surface area contributed by atoms with Gasteiger partial charge in [-0.25, -0.2) is 9.18 Å². The van der Waals surface area contributed by atoms with Crippen LogP contribution in [-0.2, 0) is 9.47 Å². The molecule has 1 atom stereocenters. The Hall–Kier alpha value is -1.37. The summed E-state index contributed by atoms with van der Waals surface area (Å²) < 4.78 is 24.7. The number of amides is 2. The van der Waals surface area contributed by atoms with Crippen LogP contribution in [0.2, 0.25) is 5.02 Å². The van der Waals surface area contributed by atoms with Crippen molar-refractivity contribution in [3.8, 4) is 0 Å². The minimum absolute atomic E-state index is 0.272. The molecule has 22 heavy (non-hydrogen) atoms. The van der Waals surface area contributed by atoms with Crippen LogP contribution in [0.25, 0.3) is 0 Å². The topological polar surface area (TPSA) is 59.6 Å². The lowest BCUT2D eigenvalue weighted by molar-refractivity contribution is -0.145. The molecule has 122 valence electrons. The summed E-state index contributed by atoms with van der Waals surface area (Å²) in [5.41, 5.74) is 0.272. The molecule has 0 aliphatic carbocycles. The van der Waals surface area contributed by atoms with Crippen molar-refractivity contribution in [1.82, 2.24) is 10.6 Å². The second-order valence-electron chi connectivity index (χ2n) is 5.34. The molecule has 0 radical (unpaired) electrons. The number of carbonyl (C=O) groups is 1. The Kier molecular flexibility index (Phi) is 5.61. The lowest BCUT2D eigenvalue weighted by atomic mass is 10.1. The van der Waals surface area contributed by atoms with Crippen molar-refractivity contribution in [2.45, 2.75) is 32.1 Å². The smallest absolute Gasteiger partial charge is 0.315 e. The van der Waals surface area contributed by atoms with Crippen molar-refractivity contribution in [3.63, 3.8) is 0 Å². The van der Waals surface area contributed by atoms with E-state index in [9.17, 15) is 9.18 Å². The molecule has 0 bridgehead atoms. The Labute approximate surface area is 134 Å². The summed E-state index contributed by atoms with van der Waals surface area (Å²) in [5.74, 6) is -1.09. The van der Waals surface area contributed by atoms with E-state index in [-0.39, 0.29) is 10.6 Å². The van der Waals surface area contributed by atoms with Crippen LogP contribution in [0.3, 0.4) is 0 Å². The molecule has 1 fully saturated rings. The predicted molar refractivity (Wildman–Crippen MR) is 81.3 cm³/mol. The van der Waals surface area contributed by atoms with E-state index in [4.69, 9.17) is 21.1 Å². The summed E-state index contributed by atoms with van der Waals surface area (Å²) >= 11 is 5.97. The first-order chi connectivity index (χ1) is 10.4. The Morgan fingerprint density at radius 2 is 2.14 bits per heavy atom. The van der Waals surface area contributed by atoms with Crippen LogP contribution < -0.4 is 10.6 Å². The summed E-state index contributed by atoms with van der Waals surface area (Å²) in [6.45, 7) is 5.02. The number of ether oxygens (including phenoxy) is 2. The lowest BCUT2D eigenvalue weighted by Gasteiger charge is -2.22. The van der Waals surface area contributed by atoms with Crippen molar-refractivity contribution in [1.29, 1.82) is 0 Å². The molecular weight excluding hydrogens is 311 g/mol. The molecule has 0 spiro atoms. The third-order valence-corrected chi connectivity index (χ3v) is 3.87. The van der Waals surface area contributed by atoms with Crippen LogP contribution in [0.1, 0.15) is 31.9 Å². The van der Waals surface area contributed by atoms with E-state index in [1.54, 1.807) is 13.0 Å². The summed E-state index contributed by atoms with van der Waals surface area (Å²) in [5, 5.41) is 5.64. The molecule has 1 aliphatic heterocycles. The number of nitrogens with one attached hydrogen (secondary N) is 2. The first kappa shape index (κ1) is 17.0. The van der Waals surface area contributed by atoms with Crippen LogP contribution in [-0.4, -0.2) is 31.6 Å². The van der Waals surface area contributed by atoms with E-state index in [0.717, 1.165) is 0 Å². The normalized spacial score (nSPS) is 18.0. The number of benzene rings is 1. The van der Waals surface area contributed by atoms with Crippen LogP contribution >= 0.6 is 11.6 Å². The fourth-order valence-electron chi connectivity index (χ4n) is 2.35. The molecule has 5 nitrogen and oxygen atoms in total. The maximum absolute atomic E-state index is 13.8. The Morgan fingerprint density at radius 1 is 1.45 bits per heavy atom. The quantitative estimate of drug-likeness (QED) is 0.872. The molecule has 0 aromatic heterocycles. The molecule has 0 saturated carbocycles. The van der Waals surface area contributed by atoms with Gasteiger partial charge in [0, 0.05) is 23.6 Å². The van der Waals surface area contributed by atoms with Gasteiger partial charge in [-0.15, -0.1) is 0 Å². The summed E-state index contributed by atoms with van der Waals surface area (Å²) in [4.78, 5) is 11.9. The zero-order valence-corrected chi connectivity index (χ0v) is 13.4. The van der Waals surface area contributed by atoms with E-state index in [1.807, 2.05) is 6.92 Å². The van der Waals surface area contributed by atoms with E-state index in [0.29, 0.717) is 26.2 Å². The second kappa shape index (κ2) is 7.26. The molecule has 2 amide bonds. The number of hydrogen-bond acceptors (Lipinski definition) is 3. The van der Waals surface area contributed by atoms with Gasteiger partial charge in [0.25, 0.3) is 0 Å². The van der Waals surface area contributed by atoms with E-state index < -0.39 is 23.7 Å². The van der Waals surface area contributed by atoms with Crippen LogP contribution in [0.15, 0.2) is 18.2 Å². The van der Waals surface area contributed by atoms with Gasteiger partial charge in [-0.05, 0) is 26.0 Å².